The van der Waals surface area contributed by atoms with Gasteiger partial charge in [-0.05, 0) is 31.2 Å². The topological polar surface area (TPSA) is 47.3 Å². The van der Waals surface area contributed by atoms with Crippen LogP contribution < -0.4 is 21.1 Å². The zero-order valence-corrected chi connectivity index (χ0v) is 11.9. The second kappa shape index (κ2) is 6.54. The first-order valence-corrected chi connectivity index (χ1v) is 7.03. The second-order valence-corrected chi connectivity index (χ2v) is 5.46. The van der Waals surface area contributed by atoms with Gasteiger partial charge >= 0.3 is 10.0 Å². The molecular weight excluding hydrogens is 286 g/mol. The lowest BCUT2D eigenvalue weighted by atomic mass is 10.3. The highest BCUT2D eigenvalue weighted by molar-refractivity contribution is 7.85. The first-order valence-electron chi connectivity index (χ1n) is 5.59. The molecule has 1 heterocycles. The van der Waals surface area contributed by atoms with E-state index in [-0.39, 0.29) is 17.3 Å². The van der Waals surface area contributed by atoms with Gasteiger partial charge in [-0.3, -0.25) is 0 Å². The molecule has 4 nitrogen and oxygen atoms in total. The van der Waals surface area contributed by atoms with Crippen molar-refractivity contribution in [3.05, 3.63) is 54.9 Å². The van der Waals surface area contributed by atoms with Gasteiger partial charge in [-0.25, -0.2) is 0 Å². The predicted octanol–water partition coefficient (Wildman–Crippen LogP) is -1.39. The molecule has 0 saturated heterocycles. The summed E-state index contributed by atoms with van der Waals surface area (Å²) in [6, 6.07) is 11.5. The number of aromatic nitrogens is 1. The maximum atomic E-state index is 12.2. The van der Waals surface area contributed by atoms with Gasteiger partial charge < -0.3 is 17.1 Å². The zero-order chi connectivity index (χ0) is 13.0. The Labute approximate surface area is 119 Å². The van der Waals surface area contributed by atoms with Gasteiger partial charge in [0.2, 0.25) is 0 Å². The van der Waals surface area contributed by atoms with Crippen LogP contribution >= 0.6 is 0 Å². The van der Waals surface area contributed by atoms with Crippen molar-refractivity contribution in [2.75, 3.05) is 6.61 Å². The number of hydrogen-bond acceptors (Lipinski definition) is 3. The molecule has 0 aliphatic heterocycles. The molecule has 6 heteroatoms. The van der Waals surface area contributed by atoms with E-state index in [1.54, 1.807) is 42.5 Å². The molecule has 0 N–H and O–H groups in total. The third-order valence-corrected chi connectivity index (χ3v) is 4.06. The summed E-state index contributed by atoms with van der Waals surface area (Å²) < 4.78 is 30.9. The lowest BCUT2D eigenvalue weighted by molar-refractivity contribution is -0.511. The predicted molar refractivity (Wildman–Crippen MR) is 66.8 cm³/mol. The summed E-state index contributed by atoms with van der Waals surface area (Å²) in [5, 5.41) is 0. The lowest BCUT2D eigenvalue weighted by Crippen LogP contribution is -3.00. The monoisotopic (exact) mass is 299 g/mol. The average molecular weight is 300 g/mol. The minimum Gasteiger partial charge on any atom is -1.00 e. The van der Waals surface area contributed by atoms with Gasteiger partial charge in [0.15, 0.2) is 12.4 Å². The van der Waals surface area contributed by atoms with Crippen LogP contribution in [0.3, 0.4) is 0 Å². The fourth-order valence-electron chi connectivity index (χ4n) is 1.54. The van der Waals surface area contributed by atoms with E-state index in [0.717, 1.165) is 0 Å². The van der Waals surface area contributed by atoms with Gasteiger partial charge in [0.25, 0.3) is 0 Å². The zero-order valence-electron chi connectivity index (χ0n) is 10.4. The van der Waals surface area contributed by atoms with E-state index in [0.29, 0.717) is 12.4 Å². The summed E-state index contributed by atoms with van der Waals surface area (Å²) in [7, 11) is -3.51. The fraction of sp³-hybridized carbons (Fsp3) is 0.154. The van der Waals surface area contributed by atoms with Crippen LogP contribution in [0.2, 0.25) is 0 Å². The van der Waals surface area contributed by atoms with E-state index in [9.17, 15) is 8.42 Å². The fourth-order valence-corrected chi connectivity index (χ4v) is 2.72. The van der Waals surface area contributed by atoms with Crippen molar-refractivity contribution in [2.45, 2.75) is 11.8 Å². The van der Waals surface area contributed by atoms with Gasteiger partial charge in [0.1, 0.15) is 10.6 Å². The van der Waals surface area contributed by atoms with Crippen molar-refractivity contribution < 1.29 is 29.5 Å². The van der Waals surface area contributed by atoms with E-state index in [2.05, 4.69) is 0 Å². The maximum Gasteiger partial charge on any atom is 0.399 e. The van der Waals surface area contributed by atoms with Gasteiger partial charge in [-0.1, -0.05) is 10.0 Å². The average Bonchev–Trinajstić information content (AvgIpc) is 2.41. The van der Waals surface area contributed by atoms with E-state index >= 15 is 0 Å². The van der Waals surface area contributed by atoms with Crippen molar-refractivity contribution in [3.63, 3.8) is 0 Å². The van der Waals surface area contributed by atoms with E-state index in [1.165, 1.54) is 16.4 Å². The van der Waals surface area contributed by atoms with Crippen LogP contribution in [-0.2, 0) is 10.0 Å². The highest BCUT2D eigenvalue weighted by Crippen LogP contribution is 2.15. The first-order chi connectivity index (χ1) is 8.64. The third-order valence-electron chi connectivity index (χ3n) is 2.40. The molecule has 0 radical (unpaired) electrons. The van der Waals surface area contributed by atoms with Crippen LogP contribution in [0.5, 0.6) is 5.75 Å². The Hall–Kier alpha value is -1.59. The third kappa shape index (κ3) is 3.45. The number of rotatable bonds is 4. The van der Waals surface area contributed by atoms with Gasteiger partial charge in [0, 0.05) is 12.1 Å². The molecule has 0 fully saturated rings. The van der Waals surface area contributed by atoms with E-state index in [1.807, 2.05) is 6.92 Å². The molecule has 2 aromatic rings. The lowest BCUT2D eigenvalue weighted by Gasteiger charge is -2.03. The number of ether oxygens (including phenoxy) is 1. The number of halogens is 1. The first kappa shape index (κ1) is 15.5. The Balaban J connectivity index is 0.00000180. The highest BCUT2D eigenvalue weighted by Gasteiger charge is 2.23. The molecule has 1 aromatic heterocycles. The number of pyridine rings is 1. The summed E-state index contributed by atoms with van der Waals surface area (Å²) in [6.45, 7) is 2.43. The molecule has 0 bridgehead atoms. The Bertz CT molecular complexity index is 612. The smallest absolute Gasteiger partial charge is 0.399 e. The normalized spacial score (nSPS) is 10.6. The van der Waals surface area contributed by atoms with Crippen LogP contribution in [-0.4, -0.2) is 15.0 Å². The second-order valence-electron chi connectivity index (χ2n) is 3.61. The van der Waals surface area contributed by atoms with E-state index < -0.39 is 10.0 Å². The van der Waals surface area contributed by atoms with Crippen LogP contribution in [0.25, 0.3) is 0 Å². The van der Waals surface area contributed by atoms with Gasteiger partial charge in [-0.15, -0.1) is 0 Å². The number of nitrogens with zero attached hydrogens (tertiary/aromatic N) is 1. The Kier molecular flexibility index (Phi) is 5.32. The van der Waals surface area contributed by atoms with Crippen molar-refractivity contribution >= 4 is 10.0 Å². The van der Waals surface area contributed by atoms with Crippen LogP contribution in [0, 0.1) is 0 Å². The standard InChI is InChI=1S/C13H14NO3S.ClH/c1-2-17-12-6-8-13(9-7-12)18(15,16)14-10-4-3-5-11-14;/h3-11H,2H2,1H3;1H/q+1;/p-1. The quantitative estimate of drug-likeness (QED) is 0.654. The molecule has 102 valence electrons. The molecule has 0 unspecified atom stereocenters. The number of benzene rings is 1. The van der Waals surface area contributed by atoms with Gasteiger partial charge in [-0.2, -0.15) is 8.42 Å². The van der Waals surface area contributed by atoms with Crippen LogP contribution in [0.1, 0.15) is 6.92 Å². The summed E-state index contributed by atoms with van der Waals surface area (Å²) in [4.78, 5) is 0.238. The molecule has 19 heavy (non-hydrogen) atoms. The van der Waals surface area contributed by atoms with E-state index in [4.69, 9.17) is 4.74 Å². The minimum absolute atomic E-state index is 0. The van der Waals surface area contributed by atoms with Crippen LogP contribution in [0.4, 0.5) is 0 Å². The molecule has 0 amide bonds. The van der Waals surface area contributed by atoms with Crippen LogP contribution in [0.15, 0.2) is 59.8 Å². The molecule has 0 saturated carbocycles. The maximum absolute atomic E-state index is 12.2. The highest BCUT2D eigenvalue weighted by atomic mass is 35.5. The van der Waals surface area contributed by atoms with Gasteiger partial charge in [0.05, 0.1) is 6.61 Å². The Morgan fingerprint density at radius 1 is 1.05 bits per heavy atom. The van der Waals surface area contributed by atoms with Crippen molar-refractivity contribution in [2.24, 2.45) is 0 Å². The summed E-state index contributed by atoms with van der Waals surface area (Å²) >= 11 is 0. The molecule has 1 aromatic carbocycles. The van der Waals surface area contributed by atoms with Crippen molar-refractivity contribution in [1.29, 1.82) is 0 Å². The summed E-state index contributed by atoms with van der Waals surface area (Å²) in [6.07, 6.45) is 3.01. The summed E-state index contributed by atoms with van der Waals surface area (Å²) in [5.74, 6) is 0.662. The molecule has 0 aliphatic carbocycles. The van der Waals surface area contributed by atoms with Crippen molar-refractivity contribution in [3.8, 4) is 5.75 Å². The largest absolute Gasteiger partial charge is 1.00 e. The SMILES string of the molecule is CCOc1ccc(S(=O)(=O)[n+]2ccccc2)cc1.[Cl-]. The summed E-state index contributed by atoms with van der Waals surface area (Å²) in [5.41, 5.74) is 0. The molecule has 0 aliphatic rings. The van der Waals surface area contributed by atoms with Crippen molar-refractivity contribution in [1.82, 2.24) is 0 Å². The molecular formula is C13H14ClNO3S. The molecule has 2 rings (SSSR count). The Morgan fingerprint density at radius 3 is 2.16 bits per heavy atom. The Morgan fingerprint density at radius 2 is 1.63 bits per heavy atom. The number of hydrogen-bond donors (Lipinski definition) is 0. The molecule has 0 spiro atoms. The molecule has 0 atom stereocenters. The minimum atomic E-state index is -3.51.